The number of anilines is 2. The Hall–Kier alpha value is -3.20. The first-order valence-electron chi connectivity index (χ1n) is 9.62. The van der Waals surface area contributed by atoms with Crippen LogP contribution in [-0.2, 0) is 4.79 Å². The molecule has 0 bridgehead atoms. The molecule has 1 fully saturated rings. The van der Waals surface area contributed by atoms with Gasteiger partial charge in [0.2, 0.25) is 5.91 Å². The normalized spacial score (nSPS) is 16.3. The Morgan fingerprint density at radius 3 is 2.57 bits per heavy atom. The third-order valence-electron chi connectivity index (χ3n) is 5.10. The summed E-state index contributed by atoms with van der Waals surface area (Å²) in [5.74, 6) is 0.138. The maximum atomic E-state index is 12.5. The zero-order valence-corrected chi connectivity index (χ0v) is 17.7. The standard InChI is InChI=1S/C21H21BrN6O2/c22-16-10-25-28(13-16)18-6-3-14(4-7-18)21(30)26-17-5-8-19(24-11-17)27-9-1-2-15(12-27)20(23)29/h3-8,10-11,13,15H,1-2,9,12H2,(H2,23,29)(H,26,30). The molecule has 2 amide bonds. The quantitative estimate of drug-likeness (QED) is 0.598. The molecule has 3 heterocycles. The van der Waals surface area contributed by atoms with Gasteiger partial charge in [0, 0.05) is 24.8 Å². The summed E-state index contributed by atoms with van der Waals surface area (Å²) in [5.41, 5.74) is 7.45. The van der Waals surface area contributed by atoms with Gasteiger partial charge in [-0.15, -0.1) is 0 Å². The summed E-state index contributed by atoms with van der Waals surface area (Å²) >= 11 is 3.37. The van der Waals surface area contributed by atoms with Gasteiger partial charge in [-0.1, -0.05) is 0 Å². The minimum Gasteiger partial charge on any atom is -0.369 e. The first-order chi connectivity index (χ1) is 14.5. The van der Waals surface area contributed by atoms with Crippen LogP contribution in [0.1, 0.15) is 23.2 Å². The molecule has 1 aliphatic heterocycles. The van der Waals surface area contributed by atoms with Gasteiger partial charge in [0.15, 0.2) is 0 Å². The molecule has 30 heavy (non-hydrogen) atoms. The summed E-state index contributed by atoms with van der Waals surface area (Å²) < 4.78 is 2.60. The van der Waals surface area contributed by atoms with Crippen LogP contribution in [0.5, 0.6) is 0 Å². The van der Waals surface area contributed by atoms with Gasteiger partial charge in [-0.3, -0.25) is 9.59 Å². The Morgan fingerprint density at radius 2 is 1.93 bits per heavy atom. The molecule has 9 heteroatoms. The second-order valence-corrected chi connectivity index (χ2v) is 8.11. The number of carbonyl (C=O) groups is 2. The van der Waals surface area contributed by atoms with E-state index in [4.69, 9.17) is 5.73 Å². The molecule has 4 rings (SSSR count). The molecule has 3 aromatic rings. The molecule has 8 nitrogen and oxygen atoms in total. The van der Waals surface area contributed by atoms with Gasteiger partial charge in [0.25, 0.3) is 5.91 Å². The smallest absolute Gasteiger partial charge is 0.255 e. The fourth-order valence-corrected chi connectivity index (χ4v) is 3.76. The van der Waals surface area contributed by atoms with Crippen molar-refractivity contribution < 1.29 is 9.59 Å². The number of hydrogen-bond donors (Lipinski definition) is 2. The van der Waals surface area contributed by atoms with E-state index >= 15 is 0 Å². The molecule has 1 aromatic carbocycles. The second kappa shape index (κ2) is 8.66. The van der Waals surface area contributed by atoms with Crippen LogP contribution in [-0.4, -0.2) is 39.7 Å². The number of nitrogens with zero attached hydrogens (tertiary/aromatic N) is 4. The van der Waals surface area contributed by atoms with Crippen molar-refractivity contribution in [1.29, 1.82) is 0 Å². The molecular weight excluding hydrogens is 448 g/mol. The number of amides is 2. The summed E-state index contributed by atoms with van der Waals surface area (Å²) in [4.78, 5) is 30.5. The number of hydrogen-bond acceptors (Lipinski definition) is 5. The number of benzene rings is 1. The molecule has 0 aliphatic carbocycles. The average molecular weight is 469 g/mol. The Labute approximate surface area is 182 Å². The van der Waals surface area contributed by atoms with Crippen LogP contribution < -0.4 is 16.0 Å². The molecule has 154 valence electrons. The zero-order valence-electron chi connectivity index (χ0n) is 16.2. The van der Waals surface area contributed by atoms with E-state index in [1.165, 1.54) is 0 Å². The zero-order chi connectivity index (χ0) is 21.1. The van der Waals surface area contributed by atoms with Crippen molar-refractivity contribution in [2.45, 2.75) is 12.8 Å². The molecule has 1 aliphatic rings. The van der Waals surface area contributed by atoms with E-state index in [1.54, 1.807) is 29.2 Å². The first kappa shape index (κ1) is 20.1. The second-order valence-electron chi connectivity index (χ2n) is 7.20. The lowest BCUT2D eigenvalue weighted by Crippen LogP contribution is -2.41. The van der Waals surface area contributed by atoms with Crippen molar-refractivity contribution in [3.8, 4) is 5.69 Å². The molecular formula is C21H21BrN6O2. The van der Waals surface area contributed by atoms with E-state index in [1.807, 2.05) is 30.5 Å². The summed E-state index contributed by atoms with van der Waals surface area (Å²) in [6.45, 7) is 1.41. The van der Waals surface area contributed by atoms with E-state index in [2.05, 4.69) is 36.2 Å². The van der Waals surface area contributed by atoms with E-state index in [0.29, 0.717) is 17.8 Å². The van der Waals surface area contributed by atoms with E-state index < -0.39 is 0 Å². The topological polar surface area (TPSA) is 106 Å². The maximum Gasteiger partial charge on any atom is 0.255 e. The van der Waals surface area contributed by atoms with Crippen LogP contribution in [0, 0.1) is 5.92 Å². The van der Waals surface area contributed by atoms with Gasteiger partial charge in [0.1, 0.15) is 5.82 Å². The van der Waals surface area contributed by atoms with E-state index in [0.717, 1.165) is 35.4 Å². The minimum absolute atomic E-state index is 0.147. The number of piperidine rings is 1. The van der Waals surface area contributed by atoms with Crippen molar-refractivity contribution in [2.24, 2.45) is 11.7 Å². The van der Waals surface area contributed by atoms with Crippen molar-refractivity contribution >= 4 is 39.2 Å². The van der Waals surface area contributed by atoms with E-state index in [-0.39, 0.29) is 17.7 Å². The fraction of sp³-hybridized carbons (Fsp3) is 0.238. The van der Waals surface area contributed by atoms with E-state index in [9.17, 15) is 9.59 Å². The maximum absolute atomic E-state index is 12.5. The number of carbonyl (C=O) groups excluding carboxylic acids is 2. The molecule has 1 saturated heterocycles. The predicted octanol–water partition coefficient (Wildman–Crippen LogP) is 2.98. The van der Waals surface area contributed by atoms with Crippen LogP contribution in [0.3, 0.4) is 0 Å². The average Bonchev–Trinajstić information content (AvgIpc) is 3.21. The Balaban J connectivity index is 1.39. The summed E-state index contributed by atoms with van der Waals surface area (Å²) in [5, 5.41) is 7.08. The third kappa shape index (κ3) is 4.51. The highest BCUT2D eigenvalue weighted by Gasteiger charge is 2.24. The molecule has 1 unspecified atom stereocenters. The Morgan fingerprint density at radius 1 is 1.13 bits per heavy atom. The highest BCUT2D eigenvalue weighted by molar-refractivity contribution is 9.10. The van der Waals surface area contributed by atoms with Gasteiger partial charge in [-0.2, -0.15) is 5.10 Å². The largest absolute Gasteiger partial charge is 0.369 e. The van der Waals surface area contributed by atoms with Gasteiger partial charge in [-0.05, 0) is 65.2 Å². The highest BCUT2D eigenvalue weighted by atomic mass is 79.9. The first-order valence-corrected chi connectivity index (χ1v) is 10.4. The number of aromatic nitrogens is 3. The monoisotopic (exact) mass is 468 g/mol. The number of halogens is 1. The van der Waals surface area contributed by atoms with Crippen molar-refractivity contribution in [3.05, 3.63) is 65.0 Å². The molecule has 2 aromatic heterocycles. The van der Waals surface area contributed by atoms with Gasteiger partial charge < -0.3 is 16.0 Å². The number of primary amides is 1. The Bertz CT molecular complexity index is 1050. The summed E-state index contributed by atoms with van der Waals surface area (Å²) in [7, 11) is 0. The lowest BCUT2D eigenvalue weighted by Gasteiger charge is -2.32. The predicted molar refractivity (Wildman–Crippen MR) is 118 cm³/mol. The SMILES string of the molecule is NC(=O)C1CCCN(c2ccc(NC(=O)c3ccc(-n4cc(Br)cn4)cc3)cn2)C1. The number of pyridine rings is 1. The third-order valence-corrected chi connectivity index (χ3v) is 5.51. The molecule has 0 saturated carbocycles. The number of nitrogens with one attached hydrogen (secondary N) is 1. The van der Waals surface area contributed by atoms with Gasteiger partial charge in [0.05, 0.1) is 34.2 Å². The molecule has 0 radical (unpaired) electrons. The molecule has 1 atom stereocenters. The van der Waals surface area contributed by atoms with Crippen LogP contribution in [0.4, 0.5) is 11.5 Å². The van der Waals surface area contributed by atoms with Crippen LogP contribution in [0.2, 0.25) is 0 Å². The van der Waals surface area contributed by atoms with Crippen molar-refractivity contribution in [2.75, 3.05) is 23.3 Å². The lowest BCUT2D eigenvalue weighted by atomic mass is 9.97. The lowest BCUT2D eigenvalue weighted by molar-refractivity contribution is -0.122. The van der Waals surface area contributed by atoms with Gasteiger partial charge >= 0.3 is 0 Å². The number of nitrogens with two attached hydrogens (primary N) is 1. The fourth-order valence-electron chi connectivity index (χ4n) is 3.48. The number of rotatable bonds is 5. The van der Waals surface area contributed by atoms with Gasteiger partial charge in [-0.25, -0.2) is 9.67 Å². The molecule has 0 spiro atoms. The van der Waals surface area contributed by atoms with Crippen LogP contribution in [0.25, 0.3) is 5.69 Å². The van der Waals surface area contributed by atoms with Crippen molar-refractivity contribution in [3.63, 3.8) is 0 Å². The van der Waals surface area contributed by atoms with Crippen LogP contribution >= 0.6 is 15.9 Å². The van der Waals surface area contributed by atoms with Crippen molar-refractivity contribution in [1.82, 2.24) is 14.8 Å². The minimum atomic E-state index is -0.269. The highest BCUT2D eigenvalue weighted by Crippen LogP contribution is 2.22. The van der Waals surface area contributed by atoms with Crippen LogP contribution in [0.15, 0.2) is 59.5 Å². The Kier molecular flexibility index (Phi) is 5.80. The summed E-state index contributed by atoms with van der Waals surface area (Å²) in [6, 6.07) is 10.8. The summed E-state index contributed by atoms with van der Waals surface area (Å²) in [6.07, 6.45) is 6.89. The molecule has 3 N–H and O–H groups in total.